The number of nitrogens with zero attached hydrogens (tertiary/aromatic N) is 1. The standard InChI is InChI=1S/C16H16BrClFNOS2/c1-16(2,3)23(21)20-8-12-10(7-13(18)22-12)15(20)9-5-4-6-11(19)14(9)17/h4-7,15H,8H2,1-3H3. The molecule has 1 aliphatic heterocycles. The molecule has 2 atom stereocenters. The lowest BCUT2D eigenvalue weighted by atomic mass is 10.0. The first-order valence-electron chi connectivity index (χ1n) is 7.11. The predicted molar refractivity (Wildman–Crippen MR) is 98.7 cm³/mol. The summed E-state index contributed by atoms with van der Waals surface area (Å²) >= 11 is 9.79. The largest absolute Gasteiger partial charge is 0.597 e. The van der Waals surface area contributed by atoms with Crippen LogP contribution < -0.4 is 0 Å². The van der Waals surface area contributed by atoms with Gasteiger partial charge in [0.1, 0.15) is 16.6 Å². The van der Waals surface area contributed by atoms with Gasteiger partial charge in [0.25, 0.3) is 0 Å². The predicted octanol–water partition coefficient (Wildman–Crippen LogP) is 5.67. The summed E-state index contributed by atoms with van der Waals surface area (Å²) in [6.07, 6.45) is 0. The van der Waals surface area contributed by atoms with Crippen LogP contribution in [0.4, 0.5) is 4.39 Å². The first-order chi connectivity index (χ1) is 10.7. The summed E-state index contributed by atoms with van der Waals surface area (Å²) in [5.74, 6) is -0.321. The Morgan fingerprint density at radius 2 is 2.09 bits per heavy atom. The van der Waals surface area contributed by atoms with Crippen molar-refractivity contribution in [3.8, 4) is 0 Å². The minimum atomic E-state index is -1.22. The lowest BCUT2D eigenvalue weighted by Crippen LogP contribution is -2.42. The lowest BCUT2D eigenvalue weighted by molar-refractivity contribution is 0.371. The van der Waals surface area contributed by atoms with Crippen LogP contribution in [0.25, 0.3) is 0 Å². The minimum absolute atomic E-state index is 0.265. The van der Waals surface area contributed by atoms with Gasteiger partial charge in [-0.15, -0.1) is 15.6 Å². The average molecular weight is 437 g/mol. The number of rotatable bonds is 2. The van der Waals surface area contributed by atoms with Gasteiger partial charge in [-0.25, -0.2) is 4.39 Å². The van der Waals surface area contributed by atoms with E-state index in [2.05, 4.69) is 15.9 Å². The van der Waals surface area contributed by atoms with Crippen molar-refractivity contribution in [3.05, 3.63) is 54.9 Å². The van der Waals surface area contributed by atoms with Crippen molar-refractivity contribution in [2.24, 2.45) is 0 Å². The third kappa shape index (κ3) is 3.22. The van der Waals surface area contributed by atoms with E-state index >= 15 is 0 Å². The molecule has 0 saturated heterocycles. The molecule has 0 bridgehead atoms. The van der Waals surface area contributed by atoms with E-state index in [0.29, 0.717) is 15.4 Å². The van der Waals surface area contributed by atoms with Gasteiger partial charge >= 0.3 is 0 Å². The van der Waals surface area contributed by atoms with Gasteiger partial charge in [-0.1, -0.05) is 23.7 Å². The average Bonchev–Trinajstić information content (AvgIpc) is 2.96. The molecule has 0 aliphatic carbocycles. The highest BCUT2D eigenvalue weighted by Gasteiger charge is 2.45. The number of hydrogen-bond acceptors (Lipinski definition) is 3. The summed E-state index contributed by atoms with van der Waals surface area (Å²) in [5, 5.41) is 0. The molecule has 2 heterocycles. The summed E-state index contributed by atoms with van der Waals surface area (Å²) < 4.78 is 29.7. The van der Waals surface area contributed by atoms with Gasteiger partial charge in [-0.2, -0.15) is 0 Å². The van der Waals surface area contributed by atoms with Crippen LogP contribution in [0.3, 0.4) is 0 Å². The second-order valence-corrected chi connectivity index (χ2v) is 11.2. The van der Waals surface area contributed by atoms with Crippen LogP contribution in [-0.2, 0) is 17.9 Å². The first-order valence-corrected chi connectivity index (χ1v) is 10.2. The van der Waals surface area contributed by atoms with Crippen molar-refractivity contribution in [3.63, 3.8) is 0 Å². The maximum absolute atomic E-state index is 14.0. The molecule has 0 radical (unpaired) electrons. The molecular formula is C16H16BrClFNOS2. The molecule has 23 heavy (non-hydrogen) atoms. The molecule has 0 spiro atoms. The molecule has 2 aromatic rings. The smallest absolute Gasteiger partial charge is 0.137 e. The Morgan fingerprint density at radius 3 is 2.74 bits per heavy atom. The molecule has 3 rings (SSSR count). The van der Waals surface area contributed by atoms with Crippen molar-refractivity contribution >= 4 is 50.2 Å². The minimum Gasteiger partial charge on any atom is -0.597 e. The Balaban J connectivity index is 2.12. The van der Waals surface area contributed by atoms with Gasteiger partial charge in [-0.05, 0) is 60.0 Å². The van der Waals surface area contributed by atoms with E-state index in [9.17, 15) is 8.94 Å². The Kier molecular flexibility index (Phi) is 4.86. The van der Waals surface area contributed by atoms with Gasteiger partial charge in [0.15, 0.2) is 0 Å². The molecule has 0 fully saturated rings. The second-order valence-electron chi connectivity index (χ2n) is 6.41. The molecule has 2 nitrogen and oxygen atoms in total. The van der Waals surface area contributed by atoms with E-state index in [-0.39, 0.29) is 11.9 Å². The third-order valence-electron chi connectivity index (χ3n) is 3.71. The van der Waals surface area contributed by atoms with Crippen LogP contribution in [-0.4, -0.2) is 13.6 Å². The molecule has 0 saturated carbocycles. The normalized spacial score (nSPS) is 19.9. The summed E-state index contributed by atoms with van der Waals surface area (Å²) in [5.41, 5.74) is 1.79. The van der Waals surface area contributed by atoms with Crippen LogP contribution in [0.2, 0.25) is 4.34 Å². The van der Waals surface area contributed by atoms with Crippen molar-refractivity contribution < 1.29 is 8.94 Å². The SMILES string of the molecule is CC(C)(C)[S+]([O-])N1Cc2sc(Cl)cc2C1c1cccc(F)c1Br. The molecule has 1 aromatic heterocycles. The fourth-order valence-electron chi connectivity index (χ4n) is 2.71. The lowest BCUT2D eigenvalue weighted by Gasteiger charge is -2.34. The Hall–Kier alpha value is -0.110. The molecule has 2 unspecified atom stereocenters. The van der Waals surface area contributed by atoms with Gasteiger partial charge < -0.3 is 4.55 Å². The van der Waals surface area contributed by atoms with E-state index < -0.39 is 16.1 Å². The summed E-state index contributed by atoms with van der Waals surface area (Å²) in [7, 11) is 0. The molecule has 0 N–H and O–H groups in total. The number of fused-ring (bicyclic) bond motifs is 1. The van der Waals surface area contributed by atoms with Crippen LogP contribution in [0.1, 0.15) is 42.8 Å². The maximum Gasteiger partial charge on any atom is 0.137 e. The molecule has 0 amide bonds. The van der Waals surface area contributed by atoms with Gasteiger partial charge in [-0.3, -0.25) is 0 Å². The second kappa shape index (κ2) is 6.32. The van der Waals surface area contributed by atoms with Crippen LogP contribution in [0.15, 0.2) is 28.7 Å². The zero-order valence-electron chi connectivity index (χ0n) is 12.9. The Morgan fingerprint density at radius 1 is 1.39 bits per heavy atom. The van der Waals surface area contributed by atoms with Crippen molar-refractivity contribution in [2.75, 3.05) is 0 Å². The maximum atomic E-state index is 14.0. The van der Waals surface area contributed by atoms with E-state index in [1.165, 1.54) is 17.4 Å². The Bertz CT molecular complexity index is 746. The number of benzene rings is 1. The quantitative estimate of drug-likeness (QED) is 0.567. The highest BCUT2D eigenvalue weighted by molar-refractivity contribution is 9.10. The summed E-state index contributed by atoms with van der Waals surface area (Å²) in [6.45, 7) is 6.39. The van der Waals surface area contributed by atoms with Crippen LogP contribution in [0, 0.1) is 5.82 Å². The summed E-state index contributed by atoms with van der Waals surface area (Å²) in [4.78, 5) is 1.09. The molecule has 1 aromatic carbocycles. The third-order valence-corrected chi connectivity index (χ3v) is 7.62. The number of halogens is 3. The first kappa shape index (κ1) is 17.7. The Labute approximate surface area is 156 Å². The van der Waals surface area contributed by atoms with E-state index in [1.54, 1.807) is 6.07 Å². The monoisotopic (exact) mass is 435 g/mol. The highest BCUT2D eigenvalue weighted by atomic mass is 79.9. The van der Waals surface area contributed by atoms with E-state index in [4.69, 9.17) is 11.6 Å². The van der Waals surface area contributed by atoms with Crippen molar-refractivity contribution in [1.29, 1.82) is 0 Å². The topological polar surface area (TPSA) is 26.3 Å². The summed E-state index contributed by atoms with van der Waals surface area (Å²) in [6, 6.07) is 6.60. The molecular weight excluding hydrogens is 421 g/mol. The number of thiophene rings is 1. The van der Waals surface area contributed by atoms with Gasteiger partial charge in [0.05, 0.1) is 15.4 Å². The highest BCUT2D eigenvalue weighted by Crippen LogP contribution is 2.48. The zero-order chi connectivity index (χ0) is 16.9. The van der Waals surface area contributed by atoms with Gasteiger partial charge in [0.2, 0.25) is 0 Å². The van der Waals surface area contributed by atoms with E-state index in [0.717, 1.165) is 16.0 Å². The van der Waals surface area contributed by atoms with E-state index in [1.807, 2.05) is 37.2 Å². The number of hydrogen-bond donors (Lipinski definition) is 0. The van der Waals surface area contributed by atoms with Crippen LogP contribution >= 0.6 is 38.9 Å². The molecule has 1 aliphatic rings. The zero-order valence-corrected chi connectivity index (χ0v) is 16.9. The van der Waals surface area contributed by atoms with Gasteiger partial charge in [0, 0.05) is 16.2 Å². The molecule has 7 heteroatoms. The molecule has 124 valence electrons. The van der Waals surface area contributed by atoms with Crippen LogP contribution in [0.5, 0.6) is 0 Å². The van der Waals surface area contributed by atoms with Crippen molar-refractivity contribution in [1.82, 2.24) is 4.31 Å². The fraction of sp³-hybridized carbons (Fsp3) is 0.375. The fourth-order valence-corrected chi connectivity index (χ4v) is 5.95. The van der Waals surface area contributed by atoms with Crippen molar-refractivity contribution in [2.45, 2.75) is 38.1 Å².